The number of benzene rings is 2. The first-order valence-electron chi connectivity index (χ1n) is 7.44. The van der Waals surface area contributed by atoms with Crippen molar-refractivity contribution >= 4 is 22.4 Å². The number of furan rings is 1. The van der Waals surface area contributed by atoms with Gasteiger partial charge in [0.2, 0.25) is 5.88 Å². The summed E-state index contributed by atoms with van der Waals surface area (Å²) in [6, 6.07) is 19.5. The van der Waals surface area contributed by atoms with E-state index in [0.29, 0.717) is 11.0 Å². The Morgan fingerprint density at radius 3 is 2.26 bits per heavy atom. The van der Waals surface area contributed by atoms with E-state index in [1.807, 2.05) is 86.5 Å². The second-order valence-corrected chi connectivity index (χ2v) is 6.94. The third-order valence-electron chi connectivity index (χ3n) is 3.73. The molecular formula is C19H19NO2S. The van der Waals surface area contributed by atoms with Gasteiger partial charge < -0.3 is 9.32 Å². The molecule has 2 aromatic carbocycles. The molecule has 0 fully saturated rings. The molecule has 0 radical (unpaired) electrons. The first-order valence-corrected chi connectivity index (χ1v) is 8.59. The Labute approximate surface area is 139 Å². The molecule has 1 heterocycles. The highest BCUT2D eigenvalue weighted by atomic mass is 32.2. The molecule has 0 saturated heterocycles. The van der Waals surface area contributed by atoms with Crippen molar-refractivity contribution in [3.8, 4) is 0 Å². The fraction of sp³-hybridized carbons (Fsp3) is 0.158. The van der Waals surface area contributed by atoms with E-state index in [1.165, 1.54) is 0 Å². The van der Waals surface area contributed by atoms with Gasteiger partial charge in [-0.25, -0.2) is 4.21 Å². The molecule has 0 spiro atoms. The topological polar surface area (TPSA) is 33.5 Å². The van der Waals surface area contributed by atoms with E-state index in [4.69, 9.17) is 4.42 Å². The Morgan fingerprint density at radius 1 is 0.957 bits per heavy atom. The molecule has 23 heavy (non-hydrogen) atoms. The Balaban J connectivity index is 1.92. The molecule has 3 nitrogen and oxygen atoms in total. The maximum Gasteiger partial charge on any atom is 0.204 e. The van der Waals surface area contributed by atoms with Crippen LogP contribution in [0.2, 0.25) is 0 Å². The summed E-state index contributed by atoms with van der Waals surface area (Å²) in [5, 5.41) is 0.476. The van der Waals surface area contributed by atoms with Crippen LogP contribution < -0.4 is 4.90 Å². The highest BCUT2D eigenvalue weighted by Crippen LogP contribution is 2.32. The minimum absolute atomic E-state index is 0.476. The Hall–Kier alpha value is -2.33. The van der Waals surface area contributed by atoms with Crippen molar-refractivity contribution in [2.45, 2.75) is 23.8 Å². The zero-order valence-electron chi connectivity index (χ0n) is 13.4. The molecule has 0 saturated carbocycles. The third-order valence-corrected chi connectivity index (χ3v) is 5.00. The van der Waals surface area contributed by atoms with Crippen LogP contribution in [0.5, 0.6) is 0 Å². The van der Waals surface area contributed by atoms with Gasteiger partial charge in [-0.2, -0.15) is 0 Å². The number of anilines is 2. The van der Waals surface area contributed by atoms with Crippen molar-refractivity contribution in [1.82, 2.24) is 0 Å². The van der Waals surface area contributed by atoms with Crippen LogP contribution in [0.4, 0.5) is 11.6 Å². The predicted molar refractivity (Wildman–Crippen MR) is 93.8 cm³/mol. The predicted octanol–water partition coefficient (Wildman–Crippen LogP) is 4.83. The standard InChI is InChI=1S/C19H19NO2S/c1-14-9-11-17(12-10-14)23(21)18-13-15(2)19(22-18)20(3)16-7-5-4-6-8-16/h4-13H,1-3H3. The maximum absolute atomic E-state index is 12.7. The van der Waals surface area contributed by atoms with E-state index in [-0.39, 0.29) is 0 Å². The van der Waals surface area contributed by atoms with Gasteiger partial charge in [0.15, 0.2) is 5.09 Å². The second kappa shape index (κ2) is 6.42. The molecular weight excluding hydrogens is 306 g/mol. The number of hydrogen-bond donors (Lipinski definition) is 0. The summed E-state index contributed by atoms with van der Waals surface area (Å²) in [5.74, 6) is 0.715. The van der Waals surface area contributed by atoms with Crippen molar-refractivity contribution in [3.05, 3.63) is 71.8 Å². The van der Waals surface area contributed by atoms with Crippen LogP contribution in [0.3, 0.4) is 0 Å². The van der Waals surface area contributed by atoms with E-state index in [0.717, 1.165) is 21.7 Å². The lowest BCUT2D eigenvalue weighted by atomic mass is 10.2. The monoisotopic (exact) mass is 325 g/mol. The van der Waals surface area contributed by atoms with Gasteiger partial charge in [-0.05, 0) is 44.2 Å². The van der Waals surface area contributed by atoms with Crippen molar-refractivity contribution in [2.75, 3.05) is 11.9 Å². The molecule has 3 aromatic rings. The minimum Gasteiger partial charge on any atom is -0.431 e. The van der Waals surface area contributed by atoms with Crippen LogP contribution in [-0.4, -0.2) is 11.3 Å². The van der Waals surface area contributed by atoms with E-state index < -0.39 is 10.8 Å². The van der Waals surface area contributed by atoms with Gasteiger partial charge in [-0.15, -0.1) is 0 Å². The second-order valence-electron chi connectivity index (χ2n) is 5.53. The highest BCUT2D eigenvalue weighted by Gasteiger charge is 2.18. The van der Waals surface area contributed by atoms with Crippen molar-refractivity contribution in [2.24, 2.45) is 0 Å². The molecule has 0 N–H and O–H groups in total. The number of nitrogens with zero attached hydrogens (tertiary/aromatic N) is 1. The lowest BCUT2D eigenvalue weighted by Gasteiger charge is -2.16. The lowest BCUT2D eigenvalue weighted by Crippen LogP contribution is -2.09. The maximum atomic E-state index is 12.7. The molecule has 1 atom stereocenters. The van der Waals surface area contributed by atoms with Gasteiger partial charge in [0, 0.05) is 23.2 Å². The van der Waals surface area contributed by atoms with E-state index in [2.05, 4.69) is 0 Å². The summed E-state index contributed by atoms with van der Waals surface area (Å²) < 4.78 is 18.6. The highest BCUT2D eigenvalue weighted by molar-refractivity contribution is 7.85. The van der Waals surface area contributed by atoms with Crippen LogP contribution in [0, 0.1) is 13.8 Å². The van der Waals surface area contributed by atoms with Gasteiger partial charge >= 0.3 is 0 Å². The number of para-hydroxylation sites is 1. The molecule has 118 valence electrons. The molecule has 3 rings (SSSR count). The Morgan fingerprint density at radius 2 is 1.61 bits per heavy atom. The zero-order valence-corrected chi connectivity index (χ0v) is 14.3. The van der Waals surface area contributed by atoms with Crippen LogP contribution in [0.1, 0.15) is 11.1 Å². The van der Waals surface area contributed by atoms with E-state index in [1.54, 1.807) is 0 Å². The fourth-order valence-corrected chi connectivity index (χ4v) is 3.47. The summed E-state index contributed by atoms with van der Waals surface area (Å²) in [5.41, 5.74) is 3.13. The minimum atomic E-state index is -1.31. The summed E-state index contributed by atoms with van der Waals surface area (Å²) in [6.45, 7) is 3.98. The lowest BCUT2D eigenvalue weighted by molar-refractivity contribution is 0.470. The fourth-order valence-electron chi connectivity index (χ4n) is 2.41. The van der Waals surface area contributed by atoms with Gasteiger partial charge in [-0.1, -0.05) is 35.9 Å². The van der Waals surface area contributed by atoms with Crippen molar-refractivity contribution in [3.63, 3.8) is 0 Å². The average Bonchev–Trinajstić information content (AvgIpc) is 2.97. The van der Waals surface area contributed by atoms with Gasteiger partial charge in [0.25, 0.3) is 0 Å². The van der Waals surface area contributed by atoms with Crippen molar-refractivity contribution in [1.29, 1.82) is 0 Å². The molecule has 1 aromatic heterocycles. The van der Waals surface area contributed by atoms with Crippen molar-refractivity contribution < 1.29 is 8.63 Å². The van der Waals surface area contributed by atoms with Gasteiger partial charge in [0.1, 0.15) is 10.8 Å². The quantitative estimate of drug-likeness (QED) is 0.689. The summed E-state index contributed by atoms with van der Waals surface area (Å²) in [7, 11) is 0.633. The van der Waals surface area contributed by atoms with Crippen LogP contribution in [-0.2, 0) is 10.8 Å². The number of aryl methyl sites for hydroxylation is 2. The molecule has 4 heteroatoms. The van der Waals surface area contributed by atoms with Crippen LogP contribution in [0.15, 0.2) is 75.1 Å². The van der Waals surface area contributed by atoms with Gasteiger partial charge in [-0.3, -0.25) is 0 Å². The third kappa shape index (κ3) is 3.22. The first-order chi connectivity index (χ1) is 11.1. The summed E-state index contributed by atoms with van der Waals surface area (Å²) >= 11 is 0. The molecule has 0 aliphatic carbocycles. The summed E-state index contributed by atoms with van der Waals surface area (Å²) in [6.07, 6.45) is 0. The normalized spacial score (nSPS) is 12.1. The molecule has 0 aliphatic heterocycles. The molecule has 1 unspecified atom stereocenters. The number of rotatable bonds is 4. The molecule has 0 bridgehead atoms. The first kappa shape index (κ1) is 15.6. The summed E-state index contributed by atoms with van der Waals surface area (Å²) in [4.78, 5) is 2.71. The Bertz CT molecular complexity index is 822. The molecule has 0 aliphatic rings. The molecule has 0 amide bonds. The smallest absolute Gasteiger partial charge is 0.204 e. The van der Waals surface area contributed by atoms with E-state index in [9.17, 15) is 4.21 Å². The Kier molecular flexibility index (Phi) is 4.35. The van der Waals surface area contributed by atoms with E-state index >= 15 is 0 Å². The van der Waals surface area contributed by atoms with Crippen LogP contribution >= 0.6 is 0 Å². The SMILES string of the molecule is Cc1ccc(S(=O)c2cc(C)c(N(C)c3ccccc3)o2)cc1. The zero-order chi connectivity index (χ0) is 16.4. The van der Waals surface area contributed by atoms with Gasteiger partial charge in [0.05, 0.1) is 0 Å². The largest absolute Gasteiger partial charge is 0.431 e. The average molecular weight is 325 g/mol. The number of hydrogen-bond acceptors (Lipinski definition) is 3. The van der Waals surface area contributed by atoms with Crippen LogP contribution in [0.25, 0.3) is 0 Å².